The van der Waals surface area contributed by atoms with Crippen molar-refractivity contribution < 1.29 is 0 Å². The molecule has 5 heteroatoms. The molecule has 0 saturated carbocycles. The summed E-state index contributed by atoms with van der Waals surface area (Å²) in [6.45, 7) is 12.2. The molecule has 0 N–H and O–H groups in total. The first kappa shape index (κ1) is 14.7. The van der Waals surface area contributed by atoms with Crippen LogP contribution in [0.1, 0.15) is 25.1 Å². The number of nitrogens with zero attached hydrogens (tertiary/aromatic N) is 4. The standard InChI is InChI=1S/C14H25ClN4/c1-11(2)10-18-5-7-19(8-6-18)14-13(9-15)12(3)16-17(14)4/h11H,5-10H2,1-4H3. The molecule has 4 nitrogen and oxygen atoms in total. The van der Waals surface area contributed by atoms with Crippen LogP contribution in [0.3, 0.4) is 0 Å². The van der Waals surface area contributed by atoms with Gasteiger partial charge in [0.15, 0.2) is 0 Å². The molecule has 0 bridgehead atoms. The summed E-state index contributed by atoms with van der Waals surface area (Å²) in [5.41, 5.74) is 2.23. The average molecular weight is 285 g/mol. The van der Waals surface area contributed by atoms with E-state index in [1.807, 2.05) is 18.7 Å². The van der Waals surface area contributed by atoms with Crippen molar-refractivity contribution in [1.29, 1.82) is 0 Å². The minimum atomic E-state index is 0.543. The van der Waals surface area contributed by atoms with Crippen LogP contribution in [0.5, 0.6) is 0 Å². The summed E-state index contributed by atoms with van der Waals surface area (Å²) in [6.07, 6.45) is 0. The maximum Gasteiger partial charge on any atom is 0.131 e. The van der Waals surface area contributed by atoms with E-state index in [4.69, 9.17) is 11.6 Å². The van der Waals surface area contributed by atoms with Gasteiger partial charge in [-0.05, 0) is 12.8 Å². The van der Waals surface area contributed by atoms with E-state index in [9.17, 15) is 0 Å². The fraction of sp³-hybridized carbons (Fsp3) is 0.786. The predicted octanol–water partition coefficient (Wildman–Crippen LogP) is 2.25. The van der Waals surface area contributed by atoms with E-state index in [1.165, 1.54) is 17.9 Å². The highest BCUT2D eigenvalue weighted by atomic mass is 35.5. The van der Waals surface area contributed by atoms with Crippen molar-refractivity contribution in [2.75, 3.05) is 37.6 Å². The SMILES string of the molecule is Cc1nn(C)c(N2CCN(CC(C)C)CC2)c1CCl. The smallest absolute Gasteiger partial charge is 0.131 e. The van der Waals surface area contributed by atoms with Gasteiger partial charge in [-0.2, -0.15) is 5.10 Å². The molecule has 1 fully saturated rings. The van der Waals surface area contributed by atoms with Gasteiger partial charge in [0.1, 0.15) is 5.82 Å². The lowest BCUT2D eigenvalue weighted by Gasteiger charge is -2.37. The molecule has 0 spiro atoms. The maximum atomic E-state index is 6.08. The number of aryl methyl sites for hydroxylation is 2. The van der Waals surface area contributed by atoms with E-state index in [0.717, 1.165) is 37.8 Å². The van der Waals surface area contributed by atoms with Gasteiger partial charge in [0.2, 0.25) is 0 Å². The van der Waals surface area contributed by atoms with Gasteiger partial charge >= 0.3 is 0 Å². The van der Waals surface area contributed by atoms with Gasteiger partial charge in [0.25, 0.3) is 0 Å². The highest BCUT2D eigenvalue weighted by Gasteiger charge is 2.23. The third-order valence-corrected chi connectivity index (χ3v) is 4.01. The molecule has 0 radical (unpaired) electrons. The normalized spacial score (nSPS) is 17.5. The molecule has 108 valence electrons. The third-order valence-electron chi connectivity index (χ3n) is 3.74. The predicted molar refractivity (Wildman–Crippen MR) is 81.0 cm³/mol. The zero-order valence-electron chi connectivity index (χ0n) is 12.5. The van der Waals surface area contributed by atoms with Crippen molar-refractivity contribution in [2.45, 2.75) is 26.7 Å². The Hall–Kier alpha value is -0.740. The first-order valence-electron chi connectivity index (χ1n) is 7.08. The Kier molecular flexibility index (Phi) is 4.74. The first-order chi connectivity index (χ1) is 9.02. The highest BCUT2D eigenvalue weighted by molar-refractivity contribution is 6.17. The Balaban J connectivity index is 2.05. The summed E-state index contributed by atoms with van der Waals surface area (Å²) in [5, 5.41) is 4.50. The fourth-order valence-corrected chi connectivity index (χ4v) is 3.21. The van der Waals surface area contributed by atoms with Crippen LogP contribution in [0.4, 0.5) is 5.82 Å². The molecule has 0 amide bonds. The van der Waals surface area contributed by atoms with Crippen LogP contribution in [0.15, 0.2) is 0 Å². The lowest BCUT2D eigenvalue weighted by molar-refractivity contribution is 0.230. The van der Waals surface area contributed by atoms with Gasteiger partial charge in [-0.15, -0.1) is 11.6 Å². The van der Waals surface area contributed by atoms with Gasteiger partial charge in [-0.3, -0.25) is 9.58 Å². The van der Waals surface area contributed by atoms with E-state index in [-0.39, 0.29) is 0 Å². The van der Waals surface area contributed by atoms with Crippen LogP contribution in [-0.2, 0) is 12.9 Å². The van der Waals surface area contributed by atoms with Crippen LogP contribution >= 0.6 is 11.6 Å². The zero-order valence-corrected chi connectivity index (χ0v) is 13.2. The molecule has 19 heavy (non-hydrogen) atoms. The van der Waals surface area contributed by atoms with E-state index in [1.54, 1.807) is 0 Å². The van der Waals surface area contributed by atoms with Crippen molar-refractivity contribution in [3.63, 3.8) is 0 Å². The summed E-state index contributed by atoms with van der Waals surface area (Å²) >= 11 is 6.08. The second-order valence-electron chi connectivity index (χ2n) is 5.83. The molecule has 0 atom stereocenters. The zero-order chi connectivity index (χ0) is 14.0. The second kappa shape index (κ2) is 6.14. The molecule has 2 rings (SSSR count). The number of alkyl halides is 1. The molecule has 1 aromatic heterocycles. The summed E-state index contributed by atoms with van der Waals surface area (Å²) in [4.78, 5) is 4.97. The van der Waals surface area contributed by atoms with Crippen LogP contribution in [0, 0.1) is 12.8 Å². The van der Waals surface area contributed by atoms with Gasteiger partial charge < -0.3 is 4.90 Å². The molecule has 1 saturated heterocycles. The number of halogens is 1. The van der Waals surface area contributed by atoms with Gasteiger partial charge in [-0.1, -0.05) is 13.8 Å². The molecular formula is C14H25ClN4. The summed E-state index contributed by atoms with van der Waals surface area (Å²) in [6, 6.07) is 0. The number of hydrogen-bond donors (Lipinski definition) is 0. The molecule has 2 heterocycles. The fourth-order valence-electron chi connectivity index (χ4n) is 2.90. The Morgan fingerprint density at radius 2 is 1.84 bits per heavy atom. The molecular weight excluding hydrogens is 260 g/mol. The van der Waals surface area contributed by atoms with Crippen LogP contribution in [-0.4, -0.2) is 47.4 Å². The van der Waals surface area contributed by atoms with E-state index in [2.05, 4.69) is 28.7 Å². The summed E-state index contributed by atoms with van der Waals surface area (Å²) < 4.78 is 1.98. The Bertz CT molecular complexity index is 419. The van der Waals surface area contributed by atoms with Crippen molar-refractivity contribution in [3.8, 4) is 0 Å². The third kappa shape index (κ3) is 3.23. The van der Waals surface area contributed by atoms with Crippen LogP contribution in [0.2, 0.25) is 0 Å². The molecule has 1 aromatic rings. The topological polar surface area (TPSA) is 24.3 Å². The first-order valence-corrected chi connectivity index (χ1v) is 7.62. The molecule has 1 aliphatic rings. The largest absolute Gasteiger partial charge is 0.354 e. The molecule has 0 aromatic carbocycles. The summed E-state index contributed by atoms with van der Waals surface area (Å²) in [5.74, 6) is 2.49. The molecule has 1 aliphatic heterocycles. The van der Waals surface area contributed by atoms with Gasteiger partial charge in [0, 0.05) is 45.3 Å². The molecule has 0 aliphatic carbocycles. The minimum absolute atomic E-state index is 0.543. The van der Waals surface area contributed by atoms with Crippen molar-refractivity contribution in [1.82, 2.24) is 14.7 Å². The van der Waals surface area contributed by atoms with Gasteiger partial charge in [-0.25, -0.2) is 0 Å². The van der Waals surface area contributed by atoms with Crippen LogP contribution < -0.4 is 4.90 Å². The van der Waals surface area contributed by atoms with Crippen LogP contribution in [0.25, 0.3) is 0 Å². The number of piperazine rings is 1. The second-order valence-corrected chi connectivity index (χ2v) is 6.09. The monoisotopic (exact) mass is 284 g/mol. The maximum absolute atomic E-state index is 6.08. The van der Waals surface area contributed by atoms with Crippen molar-refractivity contribution in [3.05, 3.63) is 11.3 Å². The number of anilines is 1. The van der Waals surface area contributed by atoms with E-state index in [0.29, 0.717) is 5.88 Å². The Morgan fingerprint density at radius 3 is 2.37 bits per heavy atom. The van der Waals surface area contributed by atoms with E-state index >= 15 is 0 Å². The Labute approximate surface area is 121 Å². The number of rotatable bonds is 4. The number of aromatic nitrogens is 2. The number of hydrogen-bond acceptors (Lipinski definition) is 3. The lowest BCUT2D eigenvalue weighted by atomic mass is 10.2. The highest BCUT2D eigenvalue weighted by Crippen LogP contribution is 2.25. The lowest BCUT2D eigenvalue weighted by Crippen LogP contribution is -2.48. The van der Waals surface area contributed by atoms with Crippen molar-refractivity contribution in [2.24, 2.45) is 13.0 Å². The van der Waals surface area contributed by atoms with Crippen molar-refractivity contribution >= 4 is 17.4 Å². The van der Waals surface area contributed by atoms with E-state index < -0.39 is 0 Å². The minimum Gasteiger partial charge on any atom is -0.354 e. The average Bonchev–Trinajstić information content (AvgIpc) is 2.64. The van der Waals surface area contributed by atoms with Gasteiger partial charge in [0.05, 0.1) is 11.6 Å². The summed E-state index contributed by atoms with van der Waals surface area (Å²) in [7, 11) is 2.01. The quantitative estimate of drug-likeness (QED) is 0.793. The Morgan fingerprint density at radius 1 is 1.21 bits per heavy atom. The molecule has 0 unspecified atom stereocenters.